The molecule has 1 aliphatic carbocycles. The highest BCUT2D eigenvalue weighted by Crippen LogP contribution is 2.20. The van der Waals surface area contributed by atoms with E-state index in [2.05, 4.69) is 36.6 Å². The van der Waals surface area contributed by atoms with Crippen molar-refractivity contribution in [3.05, 3.63) is 29.8 Å². The summed E-state index contributed by atoms with van der Waals surface area (Å²) in [5.41, 5.74) is 2.07. The zero-order valence-electron chi connectivity index (χ0n) is 14.3. The molecule has 1 saturated carbocycles. The van der Waals surface area contributed by atoms with Crippen molar-refractivity contribution in [2.75, 3.05) is 25.5 Å². The Morgan fingerprint density at radius 2 is 1.78 bits per heavy atom. The van der Waals surface area contributed by atoms with Crippen molar-refractivity contribution in [2.24, 2.45) is 0 Å². The summed E-state index contributed by atoms with van der Waals surface area (Å²) in [6.45, 7) is 4.80. The van der Waals surface area contributed by atoms with Crippen molar-refractivity contribution in [3.8, 4) is 0 Å². The number of hydrogen-bond acceptors (Lipinski definition) is 3. The Bertz CT molecular complexity index is 538. The quantitative estimate of drug-likeness (QED) is 0.774. The standard InChI is InChI=1S/C18H27N3O2/c1-4-13(2)14-5-7-15(8-6-14)19-17(22)11-21(3)12-18(23)20-16-9-10-16/h5-8,13,16H,4,9-12H2,1-3H3,(H,19,22)(H,20,23)/t13-/m0/s1. The molecule has 2 N–H and O–H groups in total. The minimum Gasteiger partial charge on any atom is -0.352 e. The van der Waals surface area contributed by atoms with Gasteiger partial charge in [0.25, 0.3) is 0 Å². The molecule has 0 aromatic heterocycles. The molecule has 5 heteroatoms. The lowest BCUT2D eigenvalue weighted by Crippen LogP contribution is -2.39. The minimum absolute atomic E-state index is 0.0132. The van der Waals surface area contributed by atoms with Gasteiger partial charge < -0.3 is 10.6 Å². The molecule has 0 aliphatic heterocycles. The molecule has 2 rings (SSSR count). The number of amides is 2. The van der Waals surface area contributed by atoms with Crippen LogP contribution < -0.4 is 10.6 Å². The summed E-state index contributed by atoms with van der Waals surface area (Å²) < 4.78 is 0. The van der Waals surface area contributed by atoms with E-state index < -0.39 is 0 Å². The largest absolute Gasteiger partial charge is 0.352 e. The molecule has 126 valence electrons. The summed E-state index contributed by atoms with van der Waals surface area (Å²) >= 11 is 0. The third-order valence-corrected chi connectivity index (χ3v) is 4.15. The first kappa shape index (κ1) is 17.5. The Hall–Kier alpha value is -1.88. The predicted molar refractivity (Wildman–Crippen MR) is 92.4 cm³/mol. The van der Waals surface area contributed by atoms with Gasteiger partial charge in [0, 0.05) is 11.7 Å². The van der Waals surface area contributed by atoms with Gasteiger partial charge in [-0.05, 0) is 49.9 Å². The number of nitrogens with one attached hydrogen (secondary N) is 2. The fourth-order valence-corrected chi connectivity index (χ4v) is 2.38. The van der Waals surface area contributed by atoms with Crippen molar-refractivity contribution in [2.45, 2.75) is 45.1 Å². The van der Waals surface area contributed by atoms with Crippen LogP contribution >= 0.6 is 0 Å². The van der Waals surface area contributed by atoms with Gasteiger partial charge in [0.2, 0.25) is 11.8 Å². The number of hydrogen-bond donors (Lipinski definition) is 2. The molecule has 1 aromatic rings. The molecule has 1 atom stereocenters. The number of carbonyl (C=O) groups excluding carboxylic acids is 2. The molecule has 0 radical (unpaired) electrons. The third-order valence-electron chi connectivity index (χ3n) is 4.15. The second kappa shape index (κ2) is 8.11. The number of anilines is 1. The summed E-state index contributed by atoms with van der Waals surface area (Å²) in [5, 5.41) is 5.79. The van der Waals surface area contributed by atoms with Crippen LogP contribution in [0.1, 0.15) is 44.6 Å². The van der Waals surface area contributed by atoms with Gasteiger partial charge in [-0.25, -0.2) is 0 Å². The number of rotatable bonds is 8. The molecule has 1 fully saturated rings. The van der Waals surface area contributed by atoms with Crippen molar-refractivity contribution in [3.63, 3.8) is 0 Å². The molecule has 0 unspecified atom stereocenters. The Kier molecular flexibility index (Phi) is 6.16. The molecule has 1 aliphatic rings. The van der Waals surface area contributed by atoms with Crippen molar-refractivity contribution in [1.82, 2.24) is 10.2 Å². The van der Waals surface area contributed by atoms with E-state index in [0.717, 1.165) is 24.9 Å². The van der Waals surface area contributed by atoms with Crippen molar-refractivity contribution >= 4 is 17.5 Å². The molecule has 1 aromatic carbocycles. The normalized spacial score (nSPS) is 15.3. The van der Waals surface area contributed by atoms with Crippen LogP contribution in [0.5, 0.6) is 0 Å². The second-order valence-electron chi connectivity index (χ2n) is 6.49. The molecular weight excluding hydrogens is 290 g/mol. The third kappa shape index (κ3) is 6.02. The average molecular weight is 317 g/mol. The maximum Gasteiger partial charge on any atom is 0.238 e. The van der Waals surface area contributed by atoms with Crippen molar-refractivity contribution < 1.29 is 9.59 Å². The lowest BCUT2D eigenvalue weighted by atomic mass is 9.99. The molecule has 0 saturated heterocycles. The lowest BCUT2D eigenvalue weighted by molar-refractivity contribution is -0.123. The SMILES string of the molecule is CC[C@H](C)c1ccc(NC(=O)CN(C)CC(=O)NC2CC2)cc1. The van der Waals surface area contributed by atoms with Gasteiger partial charge >= 0.3 is 0 Å². The second-order valence-corrected chi connectivity index (χ2v) is 6.49. The fourth-order valence-electron chi connectivity index (χ4n) is 2.38. The maximum absolute atomic E-state index is 12.0. The van der Waals surface area contributed by atoms with Gasteiger partial charge in [0.05, 0.1) is 13.1 Å². The monoisotopic (exact) mass is 317 g/mol. The molecule has 0 heterocycles. The van der Waals surface area contributed by atoms with Crippen LogP contribution in [0, 0.1) is 0 Å². The van der Waals surface area contributed by atoms with Crippen LogP contribution in [0.25, 0.3) is 0 Å². The van der Waals surface area contributed by atoms with Gasteiger partial charge in [-0.1, -0.05) is 26.0 Å². The van der Waals surface area contributed by atoms with Crippen molar-refractivity contribution in [1.29, 1.82) is 0 Å². The first-order valence-corrected chi connectivity index (χ1v) is 8.35. The van der Waals surface area contributed by atoms with E-state index in [-0.39, 0.29) is 24.9 Å². The minimum atomic E-state index is -0.108. The molecule has 5 nitrogen and oxygen atoms in total. The van der Waals surface area contributed by atoms with Gasteiger partial charge in [-0.15, -0.1) is 0 Å². The molecular formula is C18H27N3O2. The highest BCUT2D eigenvalue weighted by molar-refractivity contribution is 5.92. The Balaban J connectivity index is 1.75. The van der Waals surface area contributed by atoms with E-state index in [4.69, 9.17) is 0 Å². The summed E-state index contributed by atoms with van der Waals surface area (Å²) in [6, 6.07) is 8.32. The summed E-state index contributed by atoms with van der Waals surface area (Å²) in [7, 11) is 1.78. The lowest BCUT2D eigenvalue weighted by Gasteiger charge is -2.16. The van der Waals surface area contributed by atoms with Gasteiger partial charge in [-0.3, -0.25) is 14.5 Å². The van der Waals surface area contributed by atoms with E-state index in [9.17, 15) is 9.59 Å². The van der Waals surface area contributed by atoms with E-state index in [0.29, 0.717) is 12.0 Å². The first-order valence-electron chi connectivity index (χ1n) is 8.35. The number of carbonyl (C=O) groups is 2. The van der Waals surface area contributed by atoms with Gasteiger partial charge in [-0.2, -0.15) is 0 Å². The van der Waals surface area contributed by atoms with Gasteiger partial charge in [0.15, 0.2) is 0 Å². The average Bonchev–Trinajstić information content (AvgIpc) is 3.30. The predicted octanol–water partition coefficient (Wildman–Crippen LogP) is 2.35. The summed E-state index contributed by atoms with van der Waals surface area (Å²) in [5.74, 6) is 0.402. The van der Waals surface area contributed by atoms with E-state index in [1.54, 1.807) is 11.9 Å². The summed E-state index contributed by atoms with van der Waals surface area (Å²) in [4.78, 5) is 25.4. The molecule has 0 spiro atoms. The van der Waals surface area contributed by atoms with Crippen LogP contribution in [0.15, 0.2) is 24.3 Å². The maximum atomic E-state index is 12.0. The van der Waals surface area contributed by atoms with Crippen LogP contribution in [0.4, 0.5) is 5.69 Å². The number of nitrogens with zero attached hydrogens (tertiary/aromatic N) is 1. The van der Waals surface area contributed by atoms with Crippen LogP contribution in [0.2, 0.25) is 0 Å². The topological polar surface area (TPSA) is 61.4 Å². The highest BCUT2D eigenvalue weighted by atomic mass is 16.2. The molecule has 2 amide bonds. The fraction of sp³-hybridized carbons (Fsp3) is 0.556. The van der Waals surface area contributed by atoms with Gasteiger partial charge in [0.1, 0.15) is 0 Å². The van der Waals surface area contributed by atoms with Crippen LogP contribution in [0.3, 0.4) is 0 Å². The number of likely N-dealkylation sites (N-methyl/N-ethyl adjacent to an activating group) is 1. The van der Waals surface area contributed by atoms with E-state index >= 15 is 0 Å². The molecule has 0 bridgehead atoms. The smallest absolute Gasteiger partial charge is 0.238 e. The Morgan fingerprint density at radius 1 is 1.17 bits per heavy atom. The Morgan fingerprint density at radius 3 is 2.35 bits per heavy atom. The van der Waals surface area contributed by atoms with Crippen LogP contribution in [-0.4, -0.2) is 42.9 Å². The zero-order valence-corrected chi connectivity index (χ0v) is 14.3. The van der Waals surface area contributed by atoms with E-state index in [1.165, 1.54) is 5.56 Å². The zero-order chi connectivity index (χ0) is 16.8. The Labute approximate surface area is 138 Å². The first-order chi connectivity index (χ1) is 11.0. The van der Waals surface area contributed by atoms with Crippen LogP contribution in [-0.2, 0) is 9.59 Å². The van der Waals surface area contributed by atoms with E-state index in [1.807, 2.05) is 12.1 Å². The summed E-state index contributed by atoms with van der Waals surface area (Å²) in [6.07, 6.45) is 3.24. The number of benzene rings is 1. The highest BCUT2D eigenvalue weighted by Gasteiger charge is 2.23. The molecule has 23 heavy (non-hydrogen) atoms.